The van der Waals surface area contributed by atoms with Crippen molar-refractivity contribution in [3.8, 4) is 0 Å². The number of carbonyl (C=O) groups is 2. The smallest absolute Gasteiger partial charge is 0.321 e. The van der Waals surface area contributed by atoms with Gasteiger partial charge in [-0.2, -0.15) is 0 Å². The van der Waals surface area contributed by atoms with E-state index in [1.807, 2.05) is 42.6 Å². The van der Waals surface area contributed by atoms with Gasteiger partial charge in [-0.15, -0.1) is 0 Å². The van der Waals surface area contributed by atoms with Crippen molar-refractivity contribution >= 4 is 11.9 Å². The van der Waals surface area contributed by atoms with Gasteiger partial charge >= 0.3 is 6.03 Å². The van der Waals surface area contributed by atoms with Crippen LogP contribution >= 0.6 is 0 Å². The van der Waals surface area contributed by atoms with Gasteiger partial charge in [0, 0.05) is 11.6 Å². The van der Waals surface area contributed by atoms with Gasteiger partial charge in [0.25, 0.3) is 5.91 Å². The molecule has 0 unspecified atom stereocenters. The molecule has 1 saturated carbocycles. The number of quaternary nitrogens is 1. The van der Waals surface area contributed by atoms with Gasteiger partial charge in [0.15, 0.2) is 6.54 Å². The fourth-order valence-corrected chi connectivity index (χ4v) is 2.65. The normalized spacial score (nSPS) is 16.4. The Labute approximate surface area is 125 Å². The molecule has 1 aliphatic rings. The summed E-state index contributed by atoms with van der Waals surface area (Å²) in [6, 6.07) is 10.0. The maximum atomic E-state index is 11.8. The lowest BCUT2D eigenvalue weighted by Gasteiger charge is -2.13. The maximum absolute atomic E-state index is 11.8. The molecule has 1 aromatic carbocycles. The van der Waals surface area contributed by atoms with Gasteiger partial charge < -0.3 is 10.6 Å². The number of nitrogens with one attached hydrogen (secondary N) is 2. The van der Waals surface area contributed by atoms with Gasteiger partial charge in [-0.1, -0.05) is 43.2 Å². The second-order valence-electron chi connectivity index (χ2n) is 5.64. The summed E-state index contributed by atoms with van der Waals surface area (Å²) in [4.78, 5) is 23.4. The molecular formula is C16H24N3O2+. The quantitative estimate of drug-likeness (QED) is 0.759. The Kier molecular flexibility index (Phi) is 5.75. The van der Waals surface area contributed by atoms with E-state index in [1.54, 1.807) is 0 Å². The van der Waals surface area contributed by atoms with E-state index in [1.165, 1.54) is 5.56 Å². The van der Waals surface area contributed by atoms with Crippen LogP contribution < -0.4 is 16.0 Å². The van der Waals surface area contributed by atoms with Crippen LogP contribution in [-0.4, -0.2) is 24.5 Å². The topological polar surface area (TPSA) is 74.8 Å². The third-order valence-corrected chi connectivity index (χ3v) is 3.93. The first-order valence-corrected chi connectivity index (χ1v) is 7.64. The summed E-state index contributed by atoms with van der Waals surface area (Å²) in [6.45, 7) is 2.29. The second-order valence-corrected chi connectivity index (χ2v) is 5.64. The number of amides is 3. The number of rotatable bonds is 5. The van der Waals surface area contributed by atoms with Gasteiger partial charge in [0.05, 0.1) is 0 Å². The Bertz CT molecular complexity index is 470. The van der Waals surface area contributed by atoms with Crippen molar-refractivity contribution in [3.05, 3.63) is 35.9 Å². The Morgan fingerprint density at radius 1 is 1.24 bits per heavy atom. The average Bonchev–Trinajstić information content (AvgIpc) is 2.98. The number of benzene rings is 1. The van der Waals surface area contributed by atoms with Gasteiger partial charge in [-0.25, -0.2) is 4.79 Å². The number of hydrogen-bond acceptors (Lipinski definition) is 2. The molecule has 21 heavy (non-hydrogen) atoms. The Morgan fingerprint density at radius 2 is 1.90 bits per heavy atom. The summed E-state index contributed by atoms with van der Waals surface area (Å²) < 4.78 is 0. The predicted octanol–water partition coefficient (Wildman–Crippen LogP) is 1.08. The van der Waals surface area contributed by atoms with Crippen LogP contribution in [0.25, 0.3) is 0 Å². The van der Waals surface area contributed by atoms with E-state index in [-0.39, 0.29) is 30.6 Å². The van der Waals surface area contributed by atoms with Crippen LogP contribution in [0.3, 0.4) is 0 Å². The molecule has 0 spiro atoms. The highest BCUT2D eigenvalue weighted by atomic mass is 16.2. The van der Waals surface area contributed by atoms with Crippen molar-refractivity contribution in [2.75, 3.05) is 6.54 Å². The van der Waals surface area contributed by atoms with E-state index < -0.39 is 0 Å². The van der Waals surface area contributed by atoms with E-state index >= 15 is 0 Å². The van der Waals surface area contributed by atoms with E-state index in [2.05, 4.69) is 10.6 Å². The third kappa shape index (κ3) is 5.19. The first-order chi connectivity index (χ1) is 10.1. The molecule has 5 heteroatoms. The van der Waals surface area contributed by atoms with Crippen LogP contribution in [0.4, 0.5) is 4.79 Å². The Balaban J connectivity index is 1.68. The molecule has 0 saturated heterocycles. The second kappa shape index (κ2) is 7.78. The zero-order chi connectivity index (χ0) is 15.1. The fraction of sp³-hybridized carbons (Fsp3) is 0.500. The molecule has 1 fully saturated rings. The Hall–Kier alpha value is -1.88. The fourth-order valence-electron chi connectivity index (χ4n) is 2.65. The van der Waals surface area contributed by atoms with E-state index in [0.29, 0.717) is 0 Å². The van der Waals surface area contributed by atoms with Gasteiger partial charge in [0.1, 0.15) is 6.04 Å². The van der Waals surface area contributed by atoms with Crippen LogP contribution in [0.2, 0.25) is 0 Å². The molecule has 0 radical (unpaired) electrons. The SMILES string of the molecule is C[C@@H]([NH2+]CC(=O)NC(=O)NC1CCCC1)c1ccccc1. The zero-order valence-electron chi connectivity index (χ0n) is 12.5. The molecule has 1 aliphatic carbocycles. The first-order valence-electron chi connectivity index (χ1n) is 7.64. The van der Waals surface area contributed by atoms with E-state index in [9.17, 15) is 9.59 Å². The molecule has 114 valence electrons. The van der Waals surface area contributed by atoms with E-state index in [4.69, 9.17) is 0 Å². The minimum absolute atomic E-state index is 0.190. The van der Waals surface area contributed by atoms with Crippen molar-refractivity contribution in [2.45, 2.75) is 44.7 Å². The van der Waals surface area contributed by atoms with Gasteiger partial charge in [-0.3, -0.25) is 10.1 Å². The van der Waals surface area contributed by atoms with Crippen molar-refractivity contribution in [1.29, 1.82) is 0 Å². The number of imide groups is 1. The zero-order valence-corrected chi connectivity index (χ0v) is 12.5. The molecular weight excluding hydrogens is 266 g/mol. The van der Waals surface area contributed by atoms with Crippen LogP contribution in [0, 0.1) is 0 Å². The molecule has 2 rings (SSSR count). The average molecular weight is 290 g/mol. The minimum Gasteiger partial charge on any atom is -0.335 e. The number of urea groups is 1. The highest BCUT2D eigenvalue weighted by Gasteiger charge is 2.19. The van der Waals surface area contributed by atoms with Crippen molar-refractivity contribution in [1.82, 2.24) is 10.6 Å². The Morgan fingerprint density at radius 3 is 2.57 bits per heavy atom. The first kappa shape index (κ1) is 15.5. The molecule has 0 bridgehead atoms. The molecule has 3 amide bonds. The number of hydrogen-bond donors (Lipinski definition) is 3. The molecule has 0 aromatic heterocycles. The molecule has 1 atom stereocenters. The van der Waals surface area contributed by atoms with Gasteiger partial charge in [-0.05, 0) is 19.8 Å². The molecule has 1 aromatic rings. The molecule has 0 heterocycles. The van der Waals surface area contributed by atoms with Crippen LogP contribution in [0.15, 0.2) is 30.3 Å². The monoisotopic (exact) mass is 290 g/mol. The standard InChI is InChI=1S/C16H23N3O2/c1-12(13-7-3-2-4-8-13)17-11-15(20)19-16(21)18-14-9-5-6-10-14/h2-4,7-8,12,14,17H,5-6,9-11H2,1H3,(H2,18,19,20,21)/p+1/t12-/m1/s1. The predicted molar refractivity (Wildman–Crippen MR) is 80.6 cm³/mol. The largest absolute Gasteiger partial charge is 0.335 e. The lowest BCUT2D eigenvalue weighted by Crippen LogP contribution is -2.87. The minimum atomic E-state index is -0.368. The molecule has 4 N–H and O–H groups in total. The highest BCUT2D eigenvalue weighted by Crippen LogP contribution is 2.17. The number of carbonyl (C=O) groups excluding carboxylic acids is 2. The molecule has 5 nitrogen and oxygen atoms in total. The maximum Gasteiger partial charge on any atom is 0.321 e. The lowest BCUT2D eigenvalue weighted by molar-refractivity contribution is -0.682. The summed E-state index contributed by atoms with van der Waals surface area (Å²) in [5.74, 6) is -0.256. The van der Waals surface area contributed by atoms with E-state index in [0.717, 1.165) is 25.7 Å². The highest BCUT2D eigenvalue weighted by molar-refractivity contribution is 5.94. The van der Waals surface area contributed by atoms with Crippen LogP contribution in [0.5, 0.6) is 0 Å². The van der Waals surface area contributed by atoms with Crippen LogP contribution in [-0.2, 0) is 4.79 Å². The summed E-state index contributed by atoms with van der Waals surface area (Å²) in [7, 11) is 0. The van der Waals surface area contributed by atoms with Gasteiger partial charge in [0.2, 0.25) is 0 Å². The summed E-state index contributed by atoms with van der Waals surface area (Å²) >= 11 is 0. The third-order valence-electron chi connectivity index (χ3n) is 3.93. The van der Waals surface area contributed by atoms with Crippen molar-refractivity contribution < 1.29 is 14.9 Å². The summed E-state index contributed by atoms with van der Waals surface area (Å²) in [6.07, 6.45) is 4.33. The summed E-state index contributed by atoms with van der Waals surface area (Å²) in [5.41, 5.74) is 1.17. The van der Waals surface area contributed by atoms with Crippen molar-refractivity contribution in [3.63, 3.8) is 0 Å². The summed E-state index contributed by atoms with van der Waals surface area (Å²) in [5, 5.41) is 7.16. The molecule has 0 aliphatic heterocycles. The lowest BCUT2D eigenvalue weighted by atomic mass is 10.1. The van der Waals surface area contributed by atoms with Crippen LogP contribution in [0.1, 0.15) is 44.2 Å². The number of nitrogens with two attached hydrogens (primary N) is 1. The van der Waals surface area contributed by atoms with Crippen molar-refractivity contribution in [2.24, 2.45) is 0 Å².